The van der Waals surface area contributed by atoms with Gasteiger partial charge in [-0.1, -0.05) is 12.8 Å². The van der Waals surface area contributed by atoms with Crippen molar-refractivity contribution >= 4 is 17.1 Å². The molecule has 0 bridgehead atoms. The van der Waals surface area contributed by atoms with Gasteiger partial charge in [0, 0.05) is 6.04 Å². The van der Waals surface area contributed by atoms with E-state index in [0.29, 0.717) is 11.1 Å². The Kier molecular flexibility index (Phi) is 2.47. The summed E-state index contributed by atoms with van der Waals surface area (Å²) in [6, 6.07) is 4.65. The number of nitrogens with zero attached hydrogens (tertiary/aromatic N) is 1. The molecule has 1 saturated carbocycles. The summed E-state index contributed by atoms with van der Waals surface area (Å²) >= 11 is 0. The van der Waals surface area contributed by atoms with E-state index in [1.807, 2.05) is 0 Å². The molecule has 0 amide bonds. The minimum Gasteiger partial charge on any atom is -0.478 e. The molecule has 0 atom stereocenters. The van der Waals surface area contributed by atoms with Gasteiger partial charge in [-0.3, -0.25) is 4.57 Å². The van der Waals surface area contributed by atoms with Crippen LogP contribution < -0.4 is 5.76 Å². The van der Waals surface area contributed by atoms with E-state index in [9.17, 15) is 9.59 Å². The molecule has 0 saturated heterocycles. The van der Waals surface area contributed by atoms with Crippen LogP contribution in [0.3, 0.4) is 0 Å². The molecule has 1 fully saturated rings. The Morgan fingerprint density at radius 3 is 2.72 bits per heavy atom. The highest BCUT2D eigenvalue weighted by Gasteiger charge is 2.22. The van der Waals surface area contributed by atoms with Crippen LogP contribution in [0.2, 0.25) is 0 Å². The molecule has 94 valence electrons. The average molecular weight is 247 g/mol. The number of benzene rings is 1. The first-order valence-corrected chi connectivity index (χ1v) is 6.05. The molecule has 0 unspecified atom stereocenters. The van der Waals surface area contributed by atoms with Crippen molar-refractivity contribution in [3.63, 3.8) is 0 Å². The predicted molar refractivity (Wildman–Crippen MR) is 64.9 cm³/mol. The Bertz CT molecular complexity index is 661. The summed E-state index contributed by atoms with van der Waals surface area (Å²) < 4.78 is 6.77. The fraction of sp³-hybridized carbons (Fsp3) is 0.385. The average Bonchev–Trinajstić information content (AvgIpc) is 2.93. The third-order valence-electron chi connectivity index (χ3n) is 3.55. The van der Waals surface area contributed by atoms with E-state index in [-0.39, 0.29) is 17.4 Å². The van der Waals surface area contributed by atoms with Gasteiger partial charge in [0.1, 0.15) is 0 Å². The maximum atomic E-state index is 11.9. The number of carboxylic acid groups (broad SMARTS) is 1. The molecule has 3 rings (SSSR count). The van der Waals surface area contributed by atoms with Gasteiger partial charge in [-0.15, -0.1) is 0 Å². The number of fused-ring (bicyclic) bond motifs is 1. The first-order chi connectivity index (χ1) is 8.66. The predicted octanol–water partition coefficient (Wildman–Crippen LogP) is 2.41. The summed E-state index contributed by atoms with van der Waals surface area (Å²) in [5, 5.41) is 8.99. The summed E-state index contributed by atoms with van der Waals surface area (Å²) in [4.78, 5) is 22.8. The van der Waals surface area contributed by atoms with E-state index < -0.39 is 5.97 Å². The summed E-state index contributed by atoms with van der Waals surface area (Å²) in [7, 11) is 0. The lowest BCUT2D eigenvalue weighted by Crippen LogP contribution is -2.18. The molecule has 1 aliphatic rings. The van der Waals surface area contributed by atoms with Crippen LogP contribution in [0.1, 0.15) is 42.1 Å². The second-order valence-corrected chi connectivity index (χ2v) is 4.66. The van der Waals surface area contributed by atoms with Crippen molar-refractivity contribution in [3.05, 3.63) is 34.3 Å². The number of hydrogen-bond donors (Lipinski definition) is 1. The molecule has 0 spiro atoms. The molecule has 5 heteroatoms. The lowest BCUT2D eigenvalue weighted by atomic mass is 10.2. The molecule has 5 nitrogen and oxygen atoms in total. The van der Waals surface area contributed by atoms with Crippen molar-refractivity contribution in [1.29, 1.82) is 0 Å². The Labute approximate surface area is 103 Å². The molecule has 2 aromatic rings. The van der Waals surface area contributed by atoms with Crippen molar-refractivity contribution in [1.82, 2.24) is 4.57 Å². The maximum Gasteiger partial charge on any atom is 0.420 e. The van der Waals surface area contributed by atoms with Crippen LogP contribution in [0.25, 0.3) is 11.1 Å². The van der Waals surface area contributed by atoms with Gasteiger partial charge in [-0.05, 0) is 31.0 Å². The van der Waals surface area contributed by atoms with E-state index in [4.69, 9.17) is 9.52 Å². The van der Waals surface area contributed by atoms with E-state index in [0.717, 1.165) is 25.7 Å². The summed E-state index contributed by atoms with van der Waals surface area (Å²) in [6.45, 7) is 0. The lowest BCUT2D eigenvalue weighted by molar-refractivity contribution is 0.0697. The molecular weight excluding hydrogens is 234 g/mol. The summed E-state index contributed by atoms with van der Waals surface area (Å²) in [5.41, 5.74) is 1.22. The maximum absolute atomic E-state index is 11.9. The molecule has 0 aliphatic heterocycles. The lowest BCUT2D eigenvalue weighted by Gasteiger charge is -2.09. The minimum absolute atomic E-state index is 0.141. The highest BCUT2D eigenvalue weighted by molar-refractivity contribution is 5.91. The third-order valence-corrected chi connectivity index (χ3v) is 3.55. The van der Waals surface area contributed by atoms with Gasteiger partial charge in [0.05, 0.1) is 11.1 Å². The molecule has 0 radical (unpaired) electrons. The number of oxazole rings is 1. The molecule has 1 N–H and O–H groups in total. The minimum atomic E-state index is -0.997. The quantitative estimate of drug-likeness (QED) is 0.884. The van der Waals surface area contributed by atoms with Crippen molar-refractivity contribution in [2.45, 2.75) is 31.7 Å². The Balaban J connectivity index is 2.22. The van der Waals surface area contributed by atoms with Crippen LogP contribution >= 0.6 is 0 Å². The van der Waals surface area contributed by atoms with Crippen LogP contribution in [0.15, 0.2) is 27.4 Å². The second kappa shape index (κ2) is 4.01. The number of hydrogen-bond acceptors (Lipinski definition) is 3. The van der Waals surface area contributed by atoms with Gasteiger partial charge in [0.2, 0.25) is 0 Å². The van der Waals surface area contributed by atoms with Crippen molar-refractivity contribution in [2.75, 3.05) is 0 Å². The number of carbonyl (C=O) groups is 1. The molecular formula is C13H13NO4. The molecule has 1 aromatic heterocycles. The van der Waals surface area contributed by atoms with Crippen LogP contribution in [-0.2, 0) is 0 Å². The van der Waals surface area contributed by atoms with Crippen LogP contribution in [0.4, 0.5) is 0 Å². The monoisotopic (exact) mass is 247 g/mol. The van der Waals surface area contributed by atoms with E-state index in [1.165, 1.54) is 12.1 Å². The Morgan fingerprint density at radius 1 is 1.33 bits per heavy atom. The van der Waals surface area contributed by atoms with Crippen LogP contribution in [0, 0.1) is 0 Å². The largest absolute Gasteiger partial charge is 0.478 e. The summed E-state index contributed by atoms with van der Waals surface area (Å²) in [6.07, 6.45) is 4.10. The number of aromatic nitrogens is 1. The topological polar surface area (TPSA) is 72.4 Å². The summed E-state index contributed by atoms with van der Waals surface area (Å²) in [5.74, 6) is -1.39. The third kappa shape index (κ3) is 1.63. The zero-order valence-electron chi connectivity index (χ0n) is 9.76. The fourth-order valence-corrected chi connectivity index (χ4v) is 2.67. The SMILES string of the molecule is O=C(O)c1ccc2oc(=O)n(C3CCCC3)c2c1. The van der Waals surface area contributed by atoms with Gasteiger partial charge in [-0.25, -0.2) is 9.59 Å². The first kappa shape index (κ1) is 11.1. The Hall–Kier alpha value is -2.04. The highest BCUT2D eigenvalue weighted by Crippen LogP contribution is 2.31. The van der Waals surface area contributed by atoms with E-state index >= 15 is 0 Å². The highest BCUT2D eigenvalue weighted by atomic mass is 16.4. The number of aromatic carboxylic acids is 1. The molecule has 18 heavy (non-hydrogen) atoms. The zero-order valence-corrected chi connectivity index (χ0v) is 9.76. The zero-order chi connectivity index (χ0) is 12.7. The van der Waals surface area contributed by atoms with Gasteiger partial charge in [0.25, 0.3) is 0 Å². The standard InChI is InChI=1S/C13H13NO4/c15-12(16)8-5-6-11-10(7-8)14(13(17)18-11)9-3-1-2-4-9/h5-7,9H,1-4H2,(H,15,16). The molecule has 1 aliphatic carbocycles. The smallest absolute Gasteiger partial charge is 0.420 e. The van der Waals surface area contributed by atoms with E-state index in [2.05, 4.69) is 0 Å². The molecule has 1 heterocycles. The van der Waals surface area contributed by atoms with Gasteiger partial charge in [-0.2, -0.15) is 0 Å². The van der Waals surface area contributed by atoms with Crippen molar-refractivity contribution in [3.8, 4) is 0 Å². The Morgan fingerprint density at radius 2 is 2.06 bits per heavy atom. The van der Waals surface area contributed by atoms with Gasteiger partial charge in [0.15, 0.2) is 5.58 Å². The van der Waals surface area contributed by atoms with Crippen LogP contribution in [-0.4, -0.2) is 15.6 Å². The van der Waals surface area contributed by atoms with Gasteiger partial charge < -0.3 is 9.52 Å². The molecule has 1 aromatic carbocycles. The normalized spacial score (nSPS) is 16.4. The number of rotatable bonds is 2. The van der Waals surface area contributed by atoms with Crippen molar-refractivity contribution in [2.24, 2.45) is 0 Å². The van der Waals surface area contributed by atoms with E-state index in [1.54, 1.807) is 10.6 Å². The second-order valence-electron chi connectivity index (χ2n) is 4.66. The fourth-order valence-electron chi connectivity index (χ4n) is 2.67. The van der Waals surface area contributed by atoms with Gasteiger partial charge >= 0.3 is 11.7 Å². The number of carboxylic acids is 1. The first-order valence-electron chi connectivity index (χ1n) is 6.05. The van der Waals surface area contributed by atoms with Crippen molar-refractivity contribution < 1.29 is 14.3 Å². The van der Waals surface area contributed by atoms with Crippen LogP contribution in [0.5, 0.6) is 0 Å².